The first-order chi connectivity index (χ1) is 25.3. The van der Waals surface area contributed by atoms with Crippen molar-refractivity contribution in [2.45, 2.75) is 60.4 Å². The van der Waals surface area contributed by atoms with Crippen LogP contribution in [0.2, 0.25) is 39.3 Å². The topological polar surface area (TPSA) is 25.8 Å². The molecule has 4 aromatic carbocycles. The molecule has 0 saturated carbocycles. The van der Waals surface area contributed by atoms with Crippen molar-refractivity contribution in [2.75, 3.05) is 0 Å². The van der Waals surface area contributed by atoms with Gasteiger partial charge in [0.25, 0.3) is 0 Å². The molecule has 0 N–H and O–H groups in total. The Labute approximate surface area is 329 Å². The van der Waals surface area contributed by atoms with Gasteiger partial charge in [-0.25, -0.2) is 0 Å². The van der Waals surface area contributed by atoms with Crippen LogP contribution < -0.4 is 10.4 Å². The van der Waals surface area contributed by atoms with Gasteiger partial charge in [0, 0.05) is 0 Å². The van der Waals surface area contributed by atoms with Crippen LogP contribution in [0.3, 0.4) is 0 Å². The van der Waals surface area contributed by atoms with Crippen LogP contribution in [0.1, 0.15) is 52.0 Å². The van der Waals surface area contributed by atoms with E-state index in [-0.39, 0.29) is 0 Å². The summed E-state index contributed by atoms with van der Waals surface area (Å²) in [7, 11) is -2.79. The number of benzene rings is 4. The molecule has 6 aromatic rings. The predicted molar refractivity (Wildman–Crippen MR) is 229 cm³/mol. The van der Waals surface area contributed by atoms with Crippen LogP contribution in [0.5, 0.6) is 0 Å². The molecule has 2 unspecified atom stereocenters. The van der Waals surface area contributed by atoms with E-state index >= 15 is 0 Å². The fourth-order valence-electron chi connectivity index (χ4n) is 7.85. The van der Waals surface area contributed by atoms with Gasteiger partial charge < -0.3 is 0 Å². The number of allylic oxidation sites excluding steroid dienone is 2. The summed E-state index contributed by atoms with van der Waals surface area (Å²) < 4.78 is 0.684. The molecule has 0 fully saturated rings. The quantitative estimate of drug-likeness (QED) is 0.143. The normalized spacial score (nSPS) is 16.5. The third-order valence-electron chi connectivity index (χ3n) is 11.0. The average molecular weight is 800 g/mol. The number of rotatable bonds is 8. The first kappa shape index (κ1) is 36.0. The van der Waals surface area contributed by atoms with Crippen LogP contribution in [-0.2, 0) is 23.2 Å². The Bertz CT molecular complexity index is 2210. The van der Waals surface area contributed by atoms with Crippen molar-refractivity contribution in [3.05, 3.63) is 166 Å². The van der Waals surface area contributed by atoms with E-state index < -0.39 is 39.4 Å². The van der Waals surface area contributed by atoms with Gasteiger partial charge in [0.1, 0.15) is 0 Å². The Kier molecular flexibility index (Phi) is 9.50. The molecular weight excluding hydrogens is 752 g/mol. The summed E-state index contributed by atoms with van der Waals surface area (Å²) in [5.74, 6) is 0. The molecule has 0 saturated heterocycles. The van der Waals surface area contributed by atoms with E-state index in [9.17, 15) is 0 Å². The molecular formula is C48H48N2Si2Zr. The predicted octanol–water partition coefficient (Wildman–Crippen LogP) is 11.5. The fourth-order valence-corrected chi connectivity index (χ4v) is 15.1. The molecule has 0 amide bonds. The zero-order valence-electron chi connectivity index (χ0n) is 32.3. The minimum absolute atomic E-state index is 0.342. The first-order valence-corrected chi connectivity index (χ1v) is 28.7. The molecule has 2 aliphatic carbocycles. The van der Waals surface area contributed by atoms with E-state index in [0.29, 0.717) is 7.25 Å². The Morgan fingerprint density at radius 2 is 0.868 bits per heavy atom. The number of hydrogen-bond donors (Lipinski definition) is 0. The van der Waals surface area contributed by atoms with Crippen LogP contribution in [0, 0.1) is 13.8 Å². The zero-order valence-corrected chi connectivity index (χ0v) is 36.7. The van der Waals surface area contributed by atoms with Gasteiger partial charge in [-0.05, 0) is 0 Å². The minimum atomic E-state index is -1.39. The summed E-state index contributed by atoms with van der Waals surface area (Å²) in [5.41, 5.74) is 18.2. The molecule has 5 heteroatoms. The number of aromatic nitrogens is 2. The van der Waals surface area contributed by atoms with Crippen molar-refractivity contribution in [3.63, 3.8) is 0 Å². The van der Waals surface area contributed by atoms with Gasteiger partial charge in [0.15, 0.2) is 0 Å². The SMILES string of the molecule is Cc1ccc(C2=Cc3c(-c4ccc([Si](C)(C)C)cc4)cccc3[CH]2[Zr][CH]2C(c3ccc(C)cn3)=Cc3c(-c4ccc([Si](C)(C)C)cc4)cccc32)nc1. The van der Waals surface area contributed by atoms with Crippen LogP contribution in [0.15, 0.2) is 122 Å². The van der Waals surface area contributed by atoms with E-state index in [2.05, 4.69) is 174 Å². The fraction of sp³-hybridized carbons (Fsp3) is 0.208. The molecule has 8 rings (SSSR count). The summed E-state index contributed by atoms with van der Waals surface area (Å²) in [6.07, 6.45) is 9.03. The molecule has 2 atom stereocenters. The van der Waals surface area contributed by atoms with Crippen LogP contribution in [-0.4, -0.2) is 26.1 Å². The second-order valence-corrected chi connectivity index (χ2v) is 30.8. The third kappa shape index (κ3) is 7.05. The summed E-state index contributed by atoms with van der Waals surface area (Å²) in [5, 5.41) is 2.99. The van der Waals surface area contributed by atoms with E-state index in [1.165, 1.54) is 77.2 Å². The Morgan fingerprint density at radius 3 is 1.21 bits per heavy atom. The number of pyridine rings is 2. The van der Waals surface area contributed by atoms with Crippen LogP contribution >= 0.6 is 0 Å². The third-order valence-corrected chi connectivity index (χ3v) is 19.8. The molecule has 2 nitrogen and oxygen atoms in total. The number of fused-ring (bicyclic) bond motifs is 2. The standard InChI is InChI=1S/2C24H24NSi.Zr/c2*1-17-8-13-24(25-16-17)20-14-19-6-5-7-22(23(19)15-20)18-9-11-21(12-10-18)26(2,3)4;/h2*5-16H,1-4H3;. The van der Waals surface area contributed by atoms with Crippen molar-refractivity contribution >= 4 is 49.8 Å². The summed E-state index contributed by atoms with van der Waals surface area (Å²) in [6.45, 7) is 18.8. The second kappa shape index (κ2) is 14.0. The Morgan fingerprint density at radius 1 is 0.472 bits per heavy atom. The van der Waals surface area contributed by atoms with Gasteiger partial charge in [0.2, 0.25) is 0 Å². The van der Waals surface area contributed by atoms with Crippen molar-refractivity contribution < 1.29 is 23.2 Å². The van der Waals surface area contributed by atoms with E-state index in [1.807, 2.05) is 12.4 Å². The van der Waals surface area contributed by atoms with Crippen molar-refractivity contribution in [3.8, 4) is 22.3 Å². The molecule has 262 valence electrons. The Balaban J connectivity index is 1.26. The molecule has 53 heavy (non-hydrogen) atoms. The van der Waals surface area contributed by atoms with Crippen molar-refractivity contribution in [2.24, 2.45) is 0 Å². The van der Waals surface area contributed by atoms with Gasteiger partial charge >= 0.3 is 332 Å². The van der Waals surface area contributed by atoms with E-state index in [1.54, 1.807) is 0 Å². The van der Waals surface area contributed by atoms with E-state index in [0.717, 1.165) is 11.4 Å². The van der Waals surface area contributed by atoms with Gasteiger partial charge in [-0.3, -0.25) is 0 Å². The zero-order chi connectivity index (χ0) is 37.1. The summed E-state index contributed by atoms with van der Waals surface area (Å²) >= 11 is -1.31. The molecule has 0 radical (unpaired) electrons. The van der Waals surface area contributed by atoms with E-state index in [4.69, 9.17) is 9.97 Å². The molecule has 0 aliphatic heterocycles. The van der Waals surface area contributed by atoms with Crippen LogP contribution in [0.4, 0.5) is 0 Å². The number of hydrogen-bond acceptors (Lipinski definition) is 2. The molecule has 2 heterocycles. The van der Waals surface area contributed by atoms with Gasteiger partial charge in [0.05, 0.1) is 0 Å². The second-order valence-electron chi connectivity index (χ2n) is 16.9. The average Bonchev–Trinajstić information content (AvgIpc) is 3.70. The van der Waals surface area contributed by atoms with Crippen LogP contribution in [0.25, 0.3) is 45.6 Å². The number of aryl methyl sites for hydroxylation is 2. The van der Waals surface area contributed by atoms with Crippen molar-refractivity contribution in [1.29, 1.82) is 0 Å². The summed E-state index contributed by atoms with van der Waals surface area (Å²) in [4.78, 5) is 10.1. The van der Waals surface area contributed by atoms with Crippen molar-refractivity contribution in [1.82, 2.24) is 9.97 Å². The summed E-state index contributed by atoms with van der Waals surface area (Å²) in [6, 6.07) is 41.8. The molecule has 0 spiro atoms. The maximum absolute atomic E-state index is 5.06. The van der Waals surface area contributed by atoms with Gasteiger partial charge in [-0.1, -0.05) is 0 Å². The molecule has 2 aromatic heterocycles. The van der Waals surface area contributed by atoms with Gasteiger partial charge in [-0.15, -0.1) is 0 Å². The monoisotopic (exact) mass is 798 g/mol. The Hall–Kier alpha value is -4.02. The number of nitrogens with zero attached hydrogens (tertiary/aromatic N) is 2. The molecule has 2 aliphatic rings. The maximum atomic E-state index is 5.06. The molecule has 0 bridgehead atoms. The first-order valence-electron chi connectivity index (χ1n) is 18.9. The van der Waals surface area contributed by atoms with Gasteiger partial charge in [-0.2, -0.15) is 0 Å².